The summed E-state index contributed by atoms with van der Waals surface area (Å²) in [5.41, 5.74) is 6.81. The Kier molecular flexibility index (Phi) is 9.27. The maximum absolute atomic E-state index is 11.3. The number of rotatable bonds is 10. The average Bonchev–Trinajstić information content (AvgIpc) is 2.58. The van der Waals surface area contributed by atoms with Gasteiger partial charge in [-0.1, -0.05) is 24.6 Å². The highest BCUT2D eigenvalue weighted by Crippen LogP contribution is 2.07. The summed E-state index contributed by atoms with van der Waals surface area (Å²) in [6, 6.07) is 7.30. The molecule has 0 heterocycles. The second-order valence-corrected chi connectivity index (χ2v) is 5.79. The smallest absolute Gasteiger partial charge is 0.248 e. The van der Waals surface area contributed by atoms with Crippen molar-refractivity contribution >= 4 is 11.9 Å². The van der Waals surface area contributed by atoms with E-state index in [1.165, 1.54) is 12.8 Å². The van der Waals surface area contributed by atoms with Crippen LogP contribution in [0.1, 0.15) is 48.5 Å². The highest BCUT2D eigenvalue weighted by atomic mass is 16.1. The lowest BCUT2D eigenvalue weighted by molar-refractivity contribution is 0.1000. The second-order valence-electron chi connectivity index (χ2n) is 5.79. The molecule has 0 aliphatic carbocycles. The van der Waals surface area contributed by atoms with E-state index >= 15 is 0 Å². The van der Waals surface area contributed by atoms with Crippen molar-refractivity contribution in [2.24, 2.45) is 10.7 Å². The summed E-state index contributed by atoms with van der Waals surface area (Å²) in [6.07, 6.45) is 6.55. The number of hydrogen-bond acceptors (Lipinski definition) is 2. The Hall–Kier alpha value is -2.30. The zero-order valence-corrected chi connectivity index (χ0v) is 14.9. The van der Waals surface area contributed by atoms with Crippen LogP contribution >= 0.6 is 0 Å². The normalized spacial score (nSPS) is 11.2. The van der Waals surface area contributed by atoms with Crippen molar-refractivity contribution < 1.29 is 4.79 Å². The molecule has 0 unspecified atom stereocenters. The van der Waals surface area contributed by atoms with Crippen molar-refractivity contribution in [3.8, 4) is 0 Å². The first-order valence-corrected chi connectivity index (χ1v) is 8.57. The standard InChI is InChI=1S/C19H30N4O/c1-4-6-7-8-9-13-23(3)19(21-5-2)22-15-16-11-10-12-17(14-16)18(20)24/h4,10-12,14H,1,5-9,13,15H2,2-3H3,(H2,20,24)(H,21,22). The largest absolute Gasteiger partial charge is 0.366 e. The number of allylic oxidation sites excluding steroid dienone is 1. The van der Waals surface area contributed by atoms with Crippen LogP contribution < -0.4 is 11.1 Å². The van der Waals surface area contributed by atoms with Crippen molar-refractivity contribution in [1.29, 1.82) is 0 Å². The van der Waals surface area contributed by atoms with Gasteiger partial charge in [0.15, 0.2) is 5.96 Å². The third-order valence-electron chi connectivity index (χ3n) is 3.72. The van der Waals surface area contributed by atoms with E-state index in [4.69, 9.17) is 5.73 Å². The predicted molar refractivity (Wildman–Crippen MR) is 101 cm³/mol. The zero-order chi connectivity index (χ0) is 17.8. The third-order valence-corrected chi connectivity index (χ3v) is 3.72. The highest BCUT2D eigenvalue weighted by Gasteiger charge is 2.06. The van der Waals surface area contributed by atoms with Crippen molar-refractivity contribution in [3.63, 3.8) is 0 Å². The van der Waals surface area contributed by atoms with Crippen LogP contribution in [-0.4, -0.2) is 36.9 Å². The third kappa shape index (κ3) is 7.31. The highest BCUT2D eigenvalue weighted by molar-refractivity contribution is 5.92. The maximum Gasteiger partial charge on any atom is 0.248 e. The van der Waals surface area contributed by atoms with E-state index in [-0.39, 0.29) is 0 Å². The summed E-state index contributed by atoms with van der Waals surface area (Å²) in [5, 5.41) is 3.31. The molecule has 3 N–H and O–H groups in total. The minimum absolute atomic E-state index is 0.413. The van der Waals surface area contributed by atoms with Crippen LogP contribution in [0.4, 0.5) is 0 Å². The lowest BCUT2D eigenvalue weighted by atomic mass is 10.1. The topological polar surface area (TPSA) is 70.7 Å². The molecule has 0 atom stereocenters. The van der Waals surface area contributed by atoms with Crippen molar-refractivity contribution in [3.05, 3.63) is 48.0 Å². The summed E-state index contributed by atoms with van der Waals surface area (Å²) in [7, 11) is 2.05. The lowest BCUT2D eigenvalue weighted by Gasteiger charge is -2.22. The second kappa shape index (κ2) is 11.3. The van der Waals surface area contributed by atoms with Gasteiger partial charge in [0.25, 0.3) is 0 Å². The number of primary amides is 1. The minimum atomic E-state index is -0.413. The number of hydrogen-bond donors (Lipinski definition) is 2. The molecule has 1 rings (SSSR count). The molecule has 132 valence electrons. The molecule has 0 aliphatic heterocycles. The van der Waals surface area contributed by atoms with Crippen LogP contribution in [0, 0.1) is 0 Å². The lowest BCUT2D eigenvalue weighted by Crippen LogP contribution is -2.39. The Morgan fingerprint density at radius 1 is 1.38 bits per heavy atom. The molecule has 0 saturated heterocycles. The van der Waals surface area contributed by atoms with Crippen LogP contribution in [0.25, 0.3) is 0 Å². The molecule has 1 amide bonds. The number of aliphatic imine (C=N–C) groups is 1. The van der Waals surface area contributed by atoms with E-state index < -0.39 is 5.91 Å². The van der Waals surface area contributed by atoms with Gasteiger partial charge in [-0.15, -0.1) is 6.58 Å². The monoisotopic (exact) mass is 330 g/mol. The number of carbonyl (C=O) groups is 1. The fraction of sp³-hybridized carbons (Fsp3) is 0.474. The van der Waals surface area contributed by atoms with Crippen LogP contribution in [0.3, 0.4) is 0 Å². The number of nitrogens with two attached hydrogens (primary N) is 1. The van der Waals surface area contributed by atoms with Gasteiger partial charge < -0.3 is 16.0 Å². The molecule has 5 heteroatoms. The van der Waals surface area contributed by atoms with Crippen molar-refractivity contribution in [2.45, 2.75) is 39.2 Å². The Morgan fingerprint density at radius 2 is 2.17 bits per heavy atom. The quantitative estimate of drug-likeness (QED) is 0.300. The van der Waals surface area contributed by atoms with Gasteiger partial charge in [-0.3, -0.25) is 4.79 Å². The van der Waals surface area contributed by atoms with Crippen molar-refractivity contribution in [1.82, 2.24) is 10.2 Å². The minimum Gasteiger partial charge on any atom is -0.366 e. The first-order chi connectivity index (χ1) is 11.6. The molecule has 0 spiro atoms. The van der Waals surface area contributed by atoms with Gasteiger partial charge >= 0.3 is 0 Å². The Labute approximate surface area is 145 Å². The van der Waals surface area contributed by atoms with Gasteiger partial charge in [-0.25, -0.2) is 4.99 Å². The number of amides is 1. The SMILES string of the molecule is C=CCCCCCN(C)C(=NCc1cccc(C(N)=O)c1)NCC. The molecule has 0 radical (unpaired) electrons. The van der Waals surface area contributed by atoms with E-state index in [2.05, 4.69) is 35.8 Å². The summed E-state index contributed by atoms with van der Waals surface area (Å²) >= 11 is 0. The molecule has 24 heavy (non-hydrogen) atoms. The van der Waals surface area contributed by atoms with Crippen molar-refractivity contribution in [2.75, 3.05) is 20.1 Å². The Bertz CT molecular complexity index is 554. The average molecular weight is 330 g/mol. The van der Waals surface area contributed by atoms with E-state index in [1.54, 1.807) is 12.1 Å². The maximum atomic E-state index is 11.3. The van der Waals surface area contributed by atoms with Gasteiger partial charge in [0, 0.05) is 25.7 Å². The number of nitrogens with zero attached hydrogens (tertiary/aromatic N) is 2. The summed E-state index contributed by atoms with van der Waals surface area (Å²) < 4.78 is 0. The van der Waals surface area contributed by atoms with Crippen LogP contribution in [-0.2, 0) is 6.54 Å². The van der Waals surface area contributed by atoms with Gasteiger partial charge in [0.05, 0.1) is 6.54 Å². The van der Waals surface area contributed by atoms with Crippen LogP contribution in [0.2, 0.25) is 0 Å². The van der Waals surface area contributed by atoms with Crippen LogP contribution in [0.15, 0.2) is 41.9 Å². The molecular formula is C19H30N4O. The predicted octanol–water partition coefficient (Wildman–Crippen LogP) is 2.93. The fourth-order valence-electron chi connectivity index (χ4n) is 2.38. The molecule has 1 aromatic rings. The Balaban J connectivity index is 2.62. The summed E-state index contributed by atoms with van der Waals surface area (Å²) in [4.78, 5) is 18.1. The van der Waals surface area contributed by atoms with Gasteiger partial charge in [-0.05, 0) is 43.9 Å². The summed E-state index contributed by atoms with van der Waals surface area (Å²) in [5.74, 6) is 0.468. The van der Waals surface area contributed by atoms with E-state index in [9.17, 15) is 4.79 Å². The molecular weight excluding hydrogens is 300 g/mol. The molecule has 0 aromatic heterocycles. The van der Waals surface area contributed by atoms with E-state index in [0.717, 1.165) is 37.5 Å². The molecule has 1 aromatic carbocycles. The van der Waals surface area contributed by atoms with Gasteiger partial charge in [0.1, 0.15) is 0 Å². The molecule has 0 saturated carbocycles. The summed E-state index contributed by atoms with van der Waals surface area (Å²) in [6.45, 7) is 8.11. The first-order valence-electron chi connectivity index (χ1n) is 8.57. The number of carbonyl (C=O) groups excluding carboxylic acids is 1. The van der Waals surface area contributed by atoms with Gasteiger partial charge in [0.2, 0.25) is 5.91 Å². The fourth-order valence-corrected chi connectivity index (χ4v) is 2.38. The Morgan fingerprint density at radius 3 is 2.83 bits per heavy atom. The number of unbranched alkanes of at least 4 members (excludes halogenated alkanes) is 3. The van der Waals surface area contributed by atoms with E-state index in [1.807, 2.05) is 18.2 Å². The van der Waals surface area contributed by atoms with Gasteiger partial charge in [-0.2, -0.15) is 0 Å². The molecule has 5 nitrogen and oxygen atoms in total. The number of guanidine groups is 1. The molecule has 0 bridgehead atoms. The van der Waals surface area contributed by atoms with Crippen LogP contribution in [0.5, 0.6) is 0 Å². The van der Waals surface area contributed by atoms with E-state index in [0.29, 0.717) is 12.1 Å². The first kappa shape index (κ1) is 19.7. The number of benzene rings is 1. The molecule has 0 fully saturated rings. The molecule has 0 aliphatic rings. The number of nitrogens with one attached hydrogen (secondary N) is 1. The zero-order valence-electron chi connectivity index (χ0n) is 14.9.